The standard InChI is InChI=1S/C19H17ClN2O2/c1-13-12-19(24)22(17-9-5-2-6-14(13)17)11-10-18(23)21-16-8-4-3-7-15(16)20/h2-9,12H,10-11H2,1H3,(H,21,23). The number of rotatable bonds is 4. The van der Waals surface area contributed by atoms with Gasteiger partial charge in [0, 0.05) is 24.4 Å². The first-order valence-electron chi connectivity index (χ1n) is 7.70. The van der Waals surface area contributed by atoms with E-state index in [0.29, 0.717) is 17.3 Å². The maximum Gasteiger partial charge on any atom is 0.251 e. The minimum absolute atomic E-state index is 0.100. The Hall–Kier alpha value is -2.59. The molecule has 1 amide bonds. The van der Waals surface area contributed by atoms with Gasteiger partial charge in [0.05, 0.1) is 16.2 Å². The second kappa shape index (κ2) is 6.89. The van der Waals surface area contributed by atoms with Gasteiger partial charge in [-0.3, -0.25) is 9.59 Å². The van der Waals surface area contributed by atoms with Crippen molar-refractivity contribution in [3.63, 3.8) is 0 Å². The lowest BCUT2D eigenvalue weighted by Gasteiger charge is -2.12. The van der Waals surface area contributed by atoms with Gasteiger partial charge in [0.15, 0.2) is 0 Å². The van der Waals surface area contributed by atoms with Crippen molar-refractivity contribution >= 4 is 34.1 Å². The van der Waals surface area contributed by atoms with Gasteiger partial charge >= 0.3 is 0 Å². The average molecular weight is 341 g/mol. The number of aryl methyl sites for hydroxylation is 2. The molecule has 24 heavy (non-hydrogen) atoms. The number of amides is 1. The highest BCUT2D eigenvalue weighted by molar-refractivity contribution is 6.33. The summed E-state index contributed by atoms with van der Waals surface area (Å²) in [5.74, 6) is -0.181. The Morgan fingerprint density at radius 2 is 1.83 bits per heavy atom. The van der Waals surface area contributed by atoms with Crippen LogP contribution < -0.4 is 10.9 Å². The van der Waals surface area contributed by atoms with Gasteiger partial charge in [-0.25, -0.2) is 0 Å². The number of nitrogens with zero attached hydrogens (tertiary/aromatic N) is 1. The van der Waals surface area contributed by atoms with Gasteiger partial charge < -0.3 is 9.88 Å². The van der Waals surface area contributed by atoms with E-state index in [-0.39, 0.29) is 17.9 Å². The smallest absolute Gasteiger partial charge is 0.251 e. The monoisotopic (exact) mass is 340 g/mol. The summed E-state index contributed by atoms with van der Waals surface area (Å²) in [5, 5.41) is 4.28. The number of aromatic nitrogens is 1. The lowest BCUT2D eigenvalue weighted by molar-refractivity contribution is -0.116. The molecule has 0 aliphatic carbocycles. The number of pyridine rings is 1. The van der Waals surface area contributed by atoms with Crippen LogP contribution in [0.15, 0.2) is 59.4 Å². The number of para-hydroxylation sites is 2. The van der Waals surface area contributed by atoms with Crippen LogP contribution in [0.4, 0.5) is 5.69 Å². The molecule has 0 radical (unpaired) electrons. The van der Waals surface area contributed by atoms with Crippen LogP contribution in [0.3, 0.4) is 0 Å². The summed E-state index contributed by atoms with van der Waals surface area (Å²) in [5.41, 5.74) is 2.25. The van der Waals surface area contributed by atoms with Crippen molar-refractivity contribution in [1.29, 1.82) is 0 Å². The van der Waals surface area contributed by atoms with E-state index < -0.39 is 0 Å². The van der Waals surface area contributed by atoms with Crippen LogP contribution in [0.5, 0.6) is 0 Å². The molecular formula is C19H17ClN2O2. The van der Waals surface area contributed by atoms with Crippen LogP contribution in [0, 0.1) is 6.92 Å². The molecule has 1 heterocycles. The molecule has 0 spiro atoms. The van der Waals surface area contributed by atoms with Crippen LogP contribution in [0.25, 0.3) is 10.9 Å². The predicted molar refractivity (Wildman–Crippen MR) is 97.6 cm³/mol. The Morgan fingerprint density at radius 1 is 1.12 bits per heavy atom. The molecule has 0 bridgehead atoms. The Balaban J connectivity index is 1.80. The average Bonchev–Trinajstić information content (AvgIpc) is 2.57. The zero-order chi connectivity index (χ0) is 17.1. The summed E-state index contributed by atoms with van der Waals surface area (Å²) in [6.07, 6.45) is 0.193. The summed E-state index contributed by atoms with van der Waals surface area (Å²) in [6.45, 7) is 2.23. The third kappa shape index (κ3) is 3.34. The van der Waals surface area contributed by atoms with Gasteiger partial charge in [-0.1, -0.05) is 41.9 Å². The van der Waals surface area contributed by atoms with Gasteiger partial charge in [0.25, 0.3) is 5.56 Å². The fourth-order valence-electron chi connectivity index (χ4n) is 2.72. The summed E-state index contributed by atoms with van der Waals surface area (Å²) in [4.78, 5) is 24.5. The molecule has 122 valence electrons. The summed E-state index contributed by atoms with van der Waals surface area (Å²) >= 11 is 6.04. The van der Waals surface area contributed by atoms with E-state index in [1.165, 1.54) is 0 Å². The molecule has 0 fully saturated rings. The van der Waals surface area contributed by atoms with Crippen molar-refractivity contribution in [2.45, 2.75) is 19.9 Å². The van der Waals surface area contributed by atoms with E-state index in [4.69, 9.17) is 11.6 Å². The molecular weight excluding hydrogens is 324 g/mol. The summed E-state index contributed by atoms with van der Waals surface area (Å²) in [7, 11) is 0. The molecule has 0 aliphatic rings. The molecule has 0 saturated heterocycles. The molecule has 0 atom stereocenters. The lowest BCUT2D eigenvalue weighted by Crippen LogP contribution is -2.23. The van der Waals surface area contributed by atoms with Gasteiger partial charge in [0.1, 0.15) is 0 Å². The number of hydrogen-bond donors (Lipinski definition) is 1. The number of nitrogens with one attached hydrogen (secondary N) is 1. The van der Waals surface area contributed by atoms with Crippen molar-refractivity contribution in [1.82, 2.24) is 4.57 Å². The third-order valence-electron chi connectivity index (χ3n) is 3.94. The van der Waals surface area contributed by atoms with Gasteiger partial charge in [-0.05, 0) is 30.7 Å². The SMILES string of the molecule is Cc1cc(=O)n(CCC(=O)Nc2ccccc2Cl)c2ccccc12. The van der Waals surface area contributed by atoms with Crippen LogP contribution in [-0.4, -0.2) is 10.5 Å². The van der Waals surface area contributed by atoms with E-state index >= 15 is 0 Å². The number of benzene rings is 2. The molecule has 3 rings (SSSR count). The second-order valence-corrected chi connectivity index (χ2v) is 6.02. The summed E-state index contributed by atoms with van der Waals surface area (Å²) in [6, 6.07) is 16.4. The van der Waals surface area contributed by atoms with E-state index in [1.54, 1.807) is 34.9 Å². The highest BCUT2D eigenvalue weighted by Gasteiger charge is 2.09. The zero-order valence-corrected chi connectivity index (χ0v) is 14.0. The van der Waals surface area contributed by atoms with Crippen molar-refractivity contribution in [3.8, 4) is 0 Å². The number of halogens is 1. The minimum Gasteiger partial charge on any atom is -0.325 e. The molecule has 0 saturated carbocycles. The fourth-order valence-corrected chi connectivity index (χ4v) is 2.90. The van der Waals surface area contributed by atoms with E-state index in [0.717, 1.165) is 16.5 Å². The molecule has 5 heteroatoms. The lowest BCUT2D eigenvalue weighted by atomic mass is 10.1. The predicted octanol–water partition coefficient (Wildman–Crippen LogP) is 3.99. The molecule has 1 aromatic heterocycles. The quantitative estimate of drug-likeness (QED) is 0.780. The van der Waals surface area contributed by atoms with E-state index in [9.17, 15) is 9.59 Å². The Bertz CT molecular complexity index is 963. The van der Waals surface area contributed by atoms with Crippen LogP contribution in [-0.2, 0) is 11.3 Å². The first-order valence-corrected chi connectivity index (χ1v) is 8.07. The van der Waals surface area contributed by atoms with Crippen molar-refractivity contribution < 1.29 is 4.79 Å². The number of carbonyl (C=O) groups excluding carboxylic acids is 1. The highest BCUT2D eigenvalue weighted by atomic mass is 35.5. The number of anilines is 1. The fraction of sp³-hybridized carbons (Fsp3) is 0.158. The number of hydrogen-bond acceptors (Lipinski definition) is 2. The van der Waals surface area contributed by atoms with Gasteiger partial charge in [0.2, 0.25) is 5.91 Å². The van der Waals surface area contributed by atoms with Crippen molar-refractivity contribution in [2.75, 3.05) is 5.32 Å². The van der Waals surface area contributed by atoms with E-state index in [2.05, 4.69) is 5.32 Å². The normalized spacial score (nSPS) is 10.8. The largest absolute Gasteiger partial charge is 0.325 e. The van der Waals surface area contributed by atoms with Gasteiger partial charge in [-0.15, -0.1) is 0 Å². The number of fused-ring (bicyclic) bond motifs is 1. The first-order chi connectivity index (χ1) is 11.6. The third-order valence-corrected chi connectivity index (χ3v) is 4.27. The summed E-state index contributed by atoms with van der Waals surface area (Å²) < 4.78 is 1.63. The number of carbonyl (C=O) groups is 1. The van der Waals surface area contributed by atoms with Crippen molar-refractivity contribution in [2.24, 2.45) is 0 Å². The molecule has 0 aliphatic heterocycles. The second-order valence-electron chi connectivity index (χ2n) is 5.61. The Labute approximate surface area is 144 Å². The zero-order valence-electron chi connectivity index (χ0n) is 13.3. The van der Waals surface area contributed by atoms with Crippen LogP contribution in [0.2, 0.25) is 5.02 Å². The Kier molecular flexibility index (Phi) is 4.67. The maximum atomic E-state index is 12.3. The molecule has 1 N–H and O–H groups in total. The molecule has 3 aromatic rings. The van der Waals surface area contributed by atoms with E-state index in [1.807, 2.05) is 31.2 Å². The van der Waals surface area contributed by atoms with Gasteiger partial charge in [-0.2, -0.15) is 0 Å². The topological polar surface area (TPSA) is 51.1 Å². The molecule has 0 unspecified atom stereocenters. The van der Waals surface area contributed by atoms with Crippen LogP contribution >= 0.6 is 11.6 Å². The minimum atomic E-state index is -0.181. The first kappa shape index (κ1) is 16.3. The maximum absolute atomic E-state index is 12.3. The Morgan fingerprint density at radius 3 is 2.62 bits per heavy atom. The van der Waals surface area contributed by atoms with Crippen LogP contribution in [0.1, 0.15) is 12.0 Å². The molecule has 4 nitrogen and oxygen atoms in total. The highest BCUT2D eigenvalue weighted by Crippen LogP contribution is 2.21. The molecule has 2 aromatic carbocycles. The van der Waals surface area contributed by atoms with Crippen molar-refractivity contribution in [3.05, 3.63) is 75.5 Å².